The lowest BCUT2D eigenvalue weighted by Crippen LogP contribution is -2.31. The van der Waals surface area contributed by atoms with E-state index in [4.69, 9.17) is 28.2 Å². The highest BCUT2D eigenvalue weighted by Crippen LogP contribution is 2.40. The van der Waals surface area contributed by atoms with Crippen molar-refractivity contribution in [1.29, 1.82) is 0 Å². The van der Waals surface area contributed by atoms with Crippen LogP contribution in [0.1, 0.15) is 22.4 Å². The molecule has 0 aliphatic carbocycles. The van der Waals surface area contributed by atoms with Crippen molar-refractivity contribution in [3.05, 3.63) is 148 Å². The molecule has 6 nitrogen and oxygen atoms in total. The molecular weight excluding hydrogens is 567 g/mol. The number of halogens is 2. The number of nitrogens with zero attached hydrogens (tertiary/aromatic N) is 3. The van der Waals surface area contributed by atoms with Gasteiger partial charge >= 0.3 is 0 Å². The summed E-state index contributed by atoms with van der Waals surface area (Å²) < 4.78 is 1.79. The molecule has 0 fully saturated rings. The third-order valence-electron chi connectivity index (χ3n) is 7.29. The molecule has 208 valence electrons. The van der Waals surface area contributed by atoms with Gasteiger partial charge in [-0.25, -0.2) is 9.97 Å². The van der Waals surface area contributed by atoms with E-state index >= 15 is 0 Å². The number of aryl methyl sites for hydroxylation is 1. The van der Waals surface area contributed by atoms with Crippen molar-refractivity contribution in [1.82, 2.24) is 14.5 Å². The molecule has 6 rings (SSSR count). The molecule has 0 spiro atoms. The van der Waals surface area contributed by atoms with Crippen LogP contribution in [0.4, 0.5) is 5.82 Å². The van der Waals surface area contributed by atoms with Gasteiger partial charge in [0, 0.05) is 22.5 Å². The van der Waals surface area contributed by atoms with Crippen LogP contribution < -0.4 is 5.32 Å². The number of imidazole rings is 1. The number of carbonyl (C=O) groups excluding carboxylic acids is 1. The number of aromatic nitrogens is 3. The Bertz CT molecular complexity index is 1910. The molecular formula is C34H26Cl2N4O2. The first-order chi connectivity index (χ1) is 20.3. The molecule has 0 radical (unpaired) electrons. The van der Waals surface area contributed by atoms with Gasteiger partial charge in [-0.05, 0) is 70.3 Å². The third kappa shape index (κ3) is 5.40. The lowest BCUT2D eigenvalue weighted by Gasteiger charge is -2.30. The van der Waals surface area contributed by atoms with Gasteiger partial charge in [0.1, 0.15) is 5.82 Å². The van der Waals surface area contributed by atoms with Crippen molar-refractivity contribution >= 4 is 45.8 Å². The molecule has 0 saturated carbocycles. The standard InChI is InChI=1S/C34H26Cl2N4O2/c1-40-21-37-20-31(40)34(42,24-10-13-26(35)14-11-24)25-12-15-30-29(18-25)28(23-8-5-9-27(36)17-23)19-32(38-30)39-33(41)16-22-6-3-2-4-7-22/h2-15,17-21,42H,16H2,1H3,(H,38,39,41). The number of hydrogen-bond acceptors (Lipinski definition) is 4. The van der Waals surface area contributed by atoms with Crippen molar-refractivity contribution in [2.24, 2.45) is 7.05 Å². The quantitative estimate of drug-likeness (QED) is 0.202. The maximum absolute atomic E-state index is 12.9. The van der Waals surface area contributed by atoms with Gasteiger partial charge in [-0.3, -0.25) is 4.79 Å². The fraction of sp³-hybridized carbons (Fsp3) is 0.0882. The molecule has 2 N–H and O–H groups in total. The molecule has 1 unspecified atom stereocenters. The van der Waals surface area contributed by atoms with Crippen LogP contribution in [0.3, 0.4) is 0 Å². The van der Waals surface area contributed by atoms with Crippen LogP contribution in [-0.2, 0) is 23.9 Å². The predicted molar refractivity (Wildman–Crippen MR) is 168 cm³/mol. The first kappa shape index (κ1) is 27.7. The number of carbonyl (C=O) groups is 1. The summed E-state index contributed by atoms with van der Waals surface area (Å²) in [6.45, 7) is 0. The minimum absolute atomic E-state index is 0.171. The Morgan fingerprint density at radius 2 is 1.64 bits per heavy atom. The predicted octanol–water partition coefficient (Wildman–Crippen LogP) is 7.41. The summed E-state index contributed by atoms with van der Waals surface area (Å²) in [5.74, 6) is 0.251. The fourth-order valence-corrected chi connectivity index (χ4v) is 5.55. The Morgan fingerprint density at radius 1 is 0.881 bits per heavy atom. The van der Waals surface area contributed by atoms with Crippen LogP contribution in [0.5, 0.6) is 0 Å². The number of anilines is 1. The highest BCUT2D eigenvalue weighted by molar-refractivity contribution is 6.31. The zero-order valence-corrected chi connectivity index (χ0v) is 24.1. The summed E-state index contributed by atoms with van der Waals surface area (Å²) in [6, 6.07) is 31.6. The summed E-state index contributed by atoms with van der Waals surface area (Å²) in [5, 5.41) is 17.3. The molecule has 0 aliphatic rings. The second-order valence-corrected chi connectivity index (χ2v) is 11.0. The van der Waals surface area contributed by atoms with Crippen molar-refractivity contribution in [2.75, 3.05) is 5.32 Å². The summed E-state index contributed by atoms with van der Waals surface area (Å²) in [5.41, 5.74) is 3.51. The number of fused-ring (bicyclic) bond motifs is 1. The van der Waals surface area contributed by atoms with Crippen LogP contribution in [0.25, 0.3) is 22.0 Å². The molecule has 1 atom stereocenters. The van der Waals surface area contributed by atoms with Crippen LogP contribution in [0.15, 0.2) is 116 Å². The van der Waals surface area contributed by atoms with E-state index in [-0.39, 0.29) is 12.3 Å². The fourth-order valence-electron chi connectivity index (χ4n) is 5.24. The first-order valence-electron chi connectivity index (χ1n) is 13.3. The minimum atomic E-state index is -1.54. The molecule has 4 aromatic carbocycles. The first-order valence-corrected chi connectivity index (χ1v) is 14.1. The molecule has 6 aromatic rings. The van der Waals surface area contributed by atoms with E-state index in [1.54, 1.807) is 41.4 Å². The van der Waals surface area contributed by atoms with Crippen LogP contribution in [0.2, 0.25) is 10.0 Å². The van der Waals surface area contributed by atoms with E-state index in [0.717, 1.165) is 22.1 Å². The monoisotopic (exact) mass is 592 g/mol. The van der Waals surface area contributed by atoms with E-state index in [2.05, 4.69) is 10.3 Å². The highest BCUT2D eigenvalue weighted by Gasteiger charge is 2.37. The number of hydrogen-bond donors (Lipinski definition) is 2. The van der Waals surface area contributed by atoms with Crippen molar-refractivity contribution in [2.45, 2.75) is 12.0 Å². The zero-order chi connectivity index (χ0) is 29.3. The number of benzene rings is 4. The summed E-state index contributed by atoms with van der Waals surface area (Å²) in [6.07, 6.45) is 3.53. The second-order valence-electron chi connectivity index (χ2n) is 10.1. The average molecular weight is 594 g/mol. The van der Waals surface area contributed by atoms with E-state index in [1.165, 1.54) is 0 Å². The summed E-state index contributed by atoms with van der Waals surface area (Å²) in [4.78, 5) is 22.0. The number of rotatable bonds is 7. The number of aliphatic hydroxyl groups is 1. The lowest BCUT2D eigenvalue weighted by atomic mass is 9.82. The maximum atomic E-state index is 12.9. The SMILES string of the molecule is Cn1cncc1C(O)(c1ccc(Cl)cc1)c1ccc2nc(NC(=O)Cc3ccccc3)cc(-c3cccc(Cl)c3)c2c1. The van der Waals surface area contributed by atoms with Crippen molar-refractivity contribution in [3.8, 4) is 11.1 Å². The van der Waals surface area contributed by atoms with Crippen LogP contribution >= 0.6 is 23.2 Å². The molecule has 0 saturated heterocycles. The van der Waals surface area contributed by atoms with Gasteiger partial charge in [-0.2, -0.15) is 0 Å². The molecule has 2 aromatic heterocycles. The smallest absolute Gasteiger partial charge is 0.229 e. The van der Waals surface area contributed by atoms with E-state index in [0.29, 0.717) is 38.2 Å². The zero-order valence-electron chi connectivity index (χ0n) is 22.6. The Labute approximate surface area is 253 Å². The van der Waals surface area contributed by atoms with Gasteiger partial charge in [-0.15, -0.1) is 0 Å². The Kier molecular flexibility index (Phi) is 7.52. The Morgan fingerprint density at radius 3 is 2.36 bits per heavy atom. The minimum Gasteiger partial charge on any atom is -0.374 e. The van der Waals surface area contributed by atoms with Crippen molar-refractivity contribution in [3.63, 3.8) is 0 Å². The normalized spacial score (nSPS) is 12.7. The molecule has 2 heterocycles. The molecule has 8 heteroatoms. The third-order valence-corrected chi connectivity index (χ3v) is 7.77. The lowest BCUT2D eigenvalue weighted by molar-refractivity contribution is -0.115. The van der Waals surface area contributed by atoms with Gasteiger partial charge in [0.05, 0.1) is 30.2 Å². The molecule has 1 amide bonds. The molecule has 0 bridgehead atoms. The topological polar surface area (TPSA) is 80.0 Å². The second kappa shape index (κ2) is 11.4. The van der Waals surface area contributed by atoms with Gasteiger partial charge < -0.3 is 15.0 Å². The summed E-state index contributed by atoms with van der Waals surface area (Å²) in [7, 11) is 1.84. The van der Waals surface area contributed by atoms with Gasteiger partial charge in [0.25, 0.3) is 0 Å². The number of pyridine rings is 1. The highest BCUT2D eigenvalue weighted by atomic mass is 35.5. The number of amides is 1. The van der Waals surface area contributed by atoms with Crippen molar-refractivity contribution < 1.29 is 9.90 Å². The molecule has 42 heavy (non-hydrogen) atoms. The van der Waals surface area contributed by atoms with E-state index < -0.39 is 5.60 Å². The molecule has 0 aliphatic heterocycles. The van der Waals surface area contributed by atoms with Gasteiger partial charge in [0.2, 0.25) is 5.91 Å². The number of nitrogens with one attached hydrogen (secondary N) is 1. The van der Waals surface area contributed by atoms with E-state index in [9.17, 15) is 9.90 Å². The van der Waals surface area contributed by atoms with E-state index in [1.807, 2.05) is 85.9 Å². The maximum Gasteiger partial charge on any atom is 0.229 e. The Balaban J connectivity index is 1.50. The van der Waals surface area contributed by atoms with Gasteiger partial charge in [0.15, 0.2) is 5.60 Å². The van der Waals surface area contributed by atoms with Crippen LogP contribution in [-0.4, -0.2) is 25.5 Å². The van der Waals surface area contributed by atoms with Crippen LogP contribution in [0, 0.1) is 0 Å². The largest absolute Gasteiger partial charge is 0.374 e. The average Bonchev–Trinajstić information content (AvgIpc) is 3.43. The Hall–Kier alpha value is -4.49. The summed E-state index contributed by atoms with van der Waals surface area (Å²) >= 11 is 12.6. The van der Waals surface area contributed by atoms with Gasteiger partial charge in [-0.1, -0.05) is 83.9 Å².